The summed E-state index contributed by atoms with van der Waals surface area (Å²) in [6.45, 7) is 7.54. The standard InChI is InChI=1S/C15H18N4.C11H13NO2.H2/c16-13-3-5-14(6-4-13)18-8-10-19(11-9-18)15-2-1-7-17-12-15;13-9-10-1-3-11(4-2-10)12-5-7-14-8-6-12;/h1-7,12H,8-11,16H2;1-4,9H,5-8H2;1H. The van der Waals surface area contributed by atoms with Gasteiger partial charge in [0.05, 0.1) is 25.1 Å². The van der Waals surface area contributed by atoms with E-state index in [9.17, 15) is 4.79 Å². The molecule has 0 bridgehead atoms. The van der Waals surface area contributed by atoms with E-state index in [0.29, 0.717) is 0 Å². The van der Waals surface area contributed by atoms with Gasteiger partial charge in [-0.1, -0.05) is 0 Å². The van der Waals surface area contributed by atoms with Crippen molar-refractivity contribution in [2.45, 2.75) is 0 Å². The molecule has 2 aliphatic heterocycles. The Hall–Kier alpha value is -3.58. The van der Waals surface area contributed by atoms with Crippen molar-refractivity contribution in [3.8, 4) is 0 Å². The number of nitrogens with zero attached hydrogens (tertiary/aromatic N) is 4. The molecular weight excluding hydrogens is 414 g/mol. The van der Waals surface area contributed by atoms with Crippen molar-refractivity contribution < 1.29 is 11.0 Å². The average Bonchev–Trinajstić information content (AvgIpc) is 2.91. The molecule has 174 valence electrons. The zero-order valence-corrected chi connectivity index (χ0v) is 18.8. The lowest BCUT2D eigenvalue weighted by Gasteiger charge is -2.37. The lowest BCUT2D eigenvalue weighted by molar-refractivity contribution is 0.112. The summed E-state index contributed by atoms with van der Waals surface area (Å²) in [7, 11) is 0. The van der Waals surface area contributed by atoms with Crippen molar-refractivity contribution in [2.75, 3.05) is 72.9 Å². The molecule has 2 aliphatic rings. The fraction of sp³-hybridized carbons (Fsp3) is 0.308. The molecule has 3 heterocycles. The number of anilines is 4. The molecule has 0 saturated carbocycles. The average molecular weight is 448 g/mol. The molecule has 1 aromatic heterocycles. The molecule has 3 aromatic rings. The van der Waals surface area contributed by atoms with Gasteiger partial charge in [0.15, 0.2) is 0 Å². The molecule has 0 aliphatic carbocycles. The number of aldehydes is 1. The zero-order chi connectivity index (χ0) is 22.9. The topological polar surface area (TPSA) is 74.9 Å². The predicted molar refractivity (Wildman–Crippen MR) is 136 cm³/mol. The van der Waals surface area contributed by atoms with Gasteiger partial charge in [0.25, 0.3) is 0 Å². The number of ether oxygens (including phenoxy) is 1. The summed E-state index contributed by atoms with van der Waals surface area (Å²) in [6, 6.07) is 19.9. The summed E-state index contributed by atoms with van der Waals surface area (Å²) in [5.74, 6) is 0. The van der Waals surface area contributed by atoms with Crippen molar-refractivity contribution >= 4 is 29.0 Å². The highest BCUT2D eigenvalue weighted by Crippen LogP contribution is 2.20. The van der Waals surface area contributed by atoms with Gasteiger partial charge in [-0.3, -0.25) is 9.78 Å². The van der Waals surface area contributed by atoms with Crippen LogP contribution in [0.3, 0.4) is 0 Å². The van der Waals surface area contributed by atoms with Gasteiger partial charge in [0.2, 0.25) is 0 Å². The first-order valence-electron chi connectivity index (χ1n) is 11.4. The Bertz CT molecular complexity index is 988. The minimum absolute atomic E-state index is 0. The first kappa shape index (κ1) is 22.6. The van der Waals surface area contributed by atoms with E-state index in [1.54, 1.807) is 0 Å². The number of aromatic nitrogens is 1. The predicted octanol–water partition coefficient (Wildman–Crippen LogP) is 3.57. The van der Waals surface area contributed by atoms with Gasteiger partial charge in [-0.2, -0.15) is 0 Å². The summed E-state index contributed by atoms with van der Waals surface area (Å²) in [6.07, 6.45) is 4.61. The molecule has 33 heavy (non-hydrogen) atoms. The largest absolute Gasteiger partial charge is 0.399 e. The fourth-order valence-electron chi connectivity index (χ4n) is 4.03. The van der Waals surface area contributed by atoms with Crippen LogP contribution in [0.1, 0.15) is 11.8 Å². The number of hydrogen-bond acceptors (Lipinski definition) is 7. The van der Waals surface area contributed by atoms with Gasteiger partial charge in [-0.25, -0.2) is 0 Å². The van der Waals surface area contributed by atoms with Crippen LogP contribution < -0.4 is 20.4 Å². The molecule has 2 N–H and O–H groups in total. The number of pyridine rings is 1. The molecule has 2 aromatic carbocycles. The maximum Gasteiger partial charge on any atom is 0.150 e. The minimum atomic E-state index is 0. The van der Waals surface area contributed by atoms with Crippen molar-refractivity contribution in [2.24, 2.45) is 0 Å². The second-order valence-electron chi connectivity index (χ2n) is 8.09. The van der Waals surface area contributed by atoms with Crippen molar-refractivity contribution in [3.05, 3.63) is 78.6 Å². The summed E-state index contributed by atoms with van der Waals surface area (Å²) in [4.78, 5) is 21.7. The van der Waals surface area contributed by atoms with Crippen LogP contribution in [0, 0.1) is 0 Å². The first-order valence-corrected chi connectivity index (χ1v) is 11.4. The van der Waals surface area contributed by atoms with Crippen molar-refractivity contribution in [1.82, 2.24) is 4.98 Å². The summed E-state index contributed by atoms with van der Waals surface area (Å²) in [5.41, 5.74) is 10.9. The first-order chi connectivity index (χ1) is 16.2. The van der Waals surface area contributed by atoms with Crippen LogP contribution in [-0.2, 0) is 4.74 Å². The summed E-state index contributed by atoms with van der Waals surface area (Å²) in [5, 5.41) is 0. The third kappa shape index (κ3) is 6.23. The van der Waals surface area contributed by atoms with Crippen LogP contribution in [0.4, 0.5) is 22.7 Å². The number of nitrogens with two attached hydrogens (primary N) is 1. The van der Waals surface area contributed by atoms with E-state index in [2.05, 4.69) is 37.9 Å². The van der Waals surface area contributed by atoms with Gasteiger partial charge in [0.1, 0.15) is 6.29 Å². The second-order valence-corrected chi connectivity index (χ2v) is 8.09. The Morgan fingerprint density at radius 3 is 1.85 bits per heavy atom. The maximum atomic E-state index is 10.5. The van der Waals surface area contributed by atoms with E-state index in [1.165, 1.54) is 17.1 Å². The van der Waals surface area contributed by atoms with E-state index in [-0.39, 0.29) is 1.43 Å². The number of nitrogen functional groups attached to an aromatic ring is 1. The lowest BCUT2D eigenvalue weighted by atomic mass is 10.2. The number of carbonyl (C=O) groups excluding carboxylic acids is 1. The third-order valence-electron chi connectivity index (χ3n) is 5.95. The van der Waals surface area contributed by atoms with Gasteiger partial charge >= 0.3 is 0 Å². The lowest BCUT2D eigenvalue weighted by Crippen LogP contribution is -2.46. The number of morpholine rings is 1. The molecule has 7 nitrogen and oxygen atoms in total. The normalized spacial score (nSPS) is 16.1. The highest BCUT2D eigenvalue weighted by molar-refractivity contribution is 5.75. The minimum Gasteiger partial charge on any atom is -0.399 e. The van der Waals surface area contributed by atoms with Gasteiger partial charge < -0.3 is 25.2 Å². The quantitative estimate of drug-likeness (QED) is 0.484. The Balaban J connectivity index is 0.000000193. The zero-order valence-electron chi connectivity index (χ0n) is 18.8. The van der Waals surface area contributed by atoms with E-state index >= 15 is 0 Å². The highest BCUT2D eigenvalue weighted by Gasteiger charge is 2.17. The van der Waals surface area contributed by atoms with Crippen molar-refractivity contribution in [3.63, 3.8) is 0 Å². The maximum absolute atomic E-state index is 10.5. The molecular formula is C26H33N5O2. The Labute approximate surface area is 196 Å². The Morgan fingerprint density at radius 1 is 0.758 bits per heavy atom. The smallest absolute Gasteiger partial charge is 0.150 e. The Morgan fingerprint density at radius 2 is 1.30 bits per heavy atom. The molecule has 0 radical (unpaired) electrons. The molecule has 2 fully saturated rings. The van der Waals surface area contributed by atoms with E-state index in [1.807, 2.05) is 54.9 Å². The molecule has 7 heteroatoms. The number of piperazine rings is 1. The van der Waals surface area contributed by atoms with Crippen LogP contribution in [0.15, 0.2) is 73.1 Å². The number of rotatable bonds is 4. The fourth-order valence-corrected chi connectivity index (χ4v) is 4.03. The molecule has 2 saturated heterocycles. The van der Waals surface area contributed by atoms with Crippen LogP contribution in [-0.4, -0.2) is 63.8 Å². The summed E-state index contributed by atoms with van der Waals surface area (Å²) >= 11 is 0. The summed E-state index contributed by atoms with van der Waals surface area (Å²) < 4.78 is 5.27. The Kier molecular flexibility index (Phi) is 7.76. The van der Waals surface area contributed by atoms with Crippen LogP contribution >= 0.6 is 0 Å². The molecule has 0 spiro atoms. The SMILES string of the molecule is Nc1ccc(N2CCN(c3cccnc3)CC2)cc1.O=Cc1ccc(N2CCOCC2)cc1.[HH]. The third-order valence-corrected chi connectivity index (χ3v) is 5.95. The highest BCUT2D eigenvalue weighted by atomic mass is 16.5. The number of carbonyl (C=O) groups is 1. The number of hydrogen-bond donors (Lipinski definition) is 1. The van der Waals surface area contributed by atoms with Gasteiger partial charge in [-0.05, 0) is 60.7 Å². The molecule has 5 rings (SSSR count). The van der Waals surface area contributed by atoms with E-state index < -0.39 is 0 Å². The second kappa shape index (κ2) is 11.3. The van der Waals surface area contributed by atoms with Crippen LogP contribution in [0.2, 0.25) is 0 Å². The number of benzene rings is 2. The van der Waals surface area contributed by atoms with Crippen LogP contribution in [0.25, 0.3) is 0 Å². The van der Waals surface area contributed by atoms with E-state index in [4.69, 9.17) is 10.5 Å². The molecule has 0 atom stereocenters. The van der Waals surface area contributed by atoms with Gasteiger partial charge in [-0.15, -0.1) is 0 Å². The van der Waals surface area contributed by atoms with Crippen LogP contribution in [0.5, 0.6) is 0 Å². The van der Waals surface area contributed by atoms with Gasteiger partial charge in [0, 0.05) is 69.5 Å². The van der Waals surface area contributed by atoms with E-state index in [0.717, 1.165) is 70.0 Å². The molecule has 0 unspecified atom stereocenters. The molecule has 0 amide bonds. The van der Waals surface area contributed by atoms with Crippen molar-refractivity contribution in [1.29, 1.82) is 0 Å². The monoisotopic (exact) mass is 447 g/mol.